The molecule has 2 nitrogen and oxygen atoms in total. The van der Waals surface area contributed by atoms with Crippen LogP contribution in [-0.2, 0) is 6.18 Å². The van der Waals surface area contributed by atoms with E-state index in [1.165, 1.54) is 13.0 Å². The van der Waals surface area contributed by atoms with E-state index < -0.39 is 11.7 Å². The van der Waals surface area contributed by atoms with Crippen molar-refractivity contribution in [1.29, 1.82) is 0 Å². The van der Waals surface area contributed by atoms with Crippen molar-refractivity contribution in [2.24, 2.45) is 5.92 Å². The molecule has 1 aromatic carbocycles. The van der Waals surface area contributed by atoms with Gasteiger partial charge in [0.1, 0.15) is 0 Å². The van der Waals surface area contributed by atoms with Gasteiger partial charge in [-0.05, 0) is 24.6 Å². The number of nitrogens with one attached hydrogen (secondary N) is 1. The number of halogens is 3. The third-order valence-corrected chi connectivity index (χ3v) is 2.97. The van der Waals surface area contributed by atoms with Gasteiger partial charge in [-0.2, -0.15) is 13.2 Å². The number of hydrogen-bond donors (Lipinski definition) is 1. The van der Waals surface area contributed by atoms with Crippen LogP contribution in [0.1, 0.15) is 21.5 Å². The number of Topliss-reactive ketones (excluding diaryl/α,β-unsaturated/α-hetero) is 1. The Morgan fingerprint density at radius 3 is 2.41 bits per heavy atom. The lowest BCUT2D eigenvalue weighted by atomic mass is 9.90. The smallest absolute Gasteiger partial charge is 0.315 e. The molecule has 1 aromatic rings. The van der Waals surface area contributed by atoms with Gasteiger partial charge >= 0.3 is 6.18 Å². The van der Waals surface area contributed by atoms with Gasteiger partial charge < -0.3 is 5.32 Å². The first-order valence-corrected chi connectivity index (χ1v) is 5.32. The van der Waals surface area contributed by atoms with Crippen molar-refractivity contribution < 1.29 is 18.0 Å². The molecule has 1 N–H and O–H groups in total. The van der Waals surface area contributed by atoms with Gasteiger partial charge in [-0.1, -0.05) is 6.07 Å². The van der Waals surface area contributed by atoms with E-state index in [9.17, 15) is 18.0 Å². The molecule has 0 aromatic heterocycles. The number of aryl methyl sites for hydroxylation is 1. The molecule has 92 valence electrons. The molecule has 1 saturated heterocycles. The predicted molar refractivity (Wildman–Crippen MR) is 56.9 cm³/mol. The summed E-state index contributed by atoms with van der Waals surface area (Å²) < 4.78 is 37.3. The van der Waals surface area contributed by atoms with E-state index in [-0.39, 0.29) is 11.7 Å². The van der Waals surface area contributed by atoms with E-state index in [4.69, 9.17) is 0 Å². The van der Waals surface area contributed by atoms with E-state index in [1.807, 2.05) is 0 Å². The zero-order valence-electron chi connectivity index (χ0n) is 9.27. The summed E-state index contributed by atoms with van der Waals surface area (Å²) in [6.45, 7) is 2.76. The fourth-order valence-electron chi connectivity index (χ4n) is 1.81. The quantitative estimate of drug-likeness (QED) is 0.808. The molecule has 0 aliphatic carbocycles. The van der Waals surface area contributed by atoms with Gasteiger partial charge in [0.2, 0.25) is 0 Å². The van der Waals surface area contributed by atoms with Crippen LogP contribution in [0.2, 0.25) is 0 Å². The molecule has 0 atom stereocenters. The first-order chi connectivity index (χ1) is 7.89. The van der Waals surface area contributed by atoms with E-state index in [0.29, 0.717) is 24.2 Å². The second-order valence-corrected chi connectivity index (χ2v) is 4.25. The molecular formula is C12H12F3NO. The minimum Gasteiger partial charge on any atom is -0.315 e. The summed E-state index contributed by atoms with van der Waals surface area (Å²) in [4.78, 5) is 11.9. The number of ketones is 1. The van der Waals surface area contributed by atoms with Gasteiger partial charge in [0.25, 0.3) is 0 Å². The van der Waals surface area contributed by atoms with Gasteiger partial charge in [0.05, 0.1) is 5.56 Å². The van der Waals surface area contributed by atoms with Crippen LogP contribution in [0.3, 0.4) is 0 Å². The van der Waals surface area contributed by atoms with Crippen LogP contribution in [0.5, 0.6) is 0 Å². The number of hydrogen-bond acceptors (Lipinski definition) is 2. The topological polar surface area (TPSA) is 29.1 Å². The maximum absolute atomic E-state index is 12.4. The molecule has 0 radical (unpaired) electrons. The molecule has 0 bridgehead atoms. The normalized spacial score (nSPS) is 16.7. The Morgan fingerprint density at radius 2 is 2.00 bits per heavy atom. The van der Waals surface area contributed by atoms with Crippen molar-refractivity contribution in [3.8, 4) is 0 Å². The molecule has 2 rings (SSSR count). The summed E-state index contributed by atoms with van der Waals surface area (Å²) >= 11 is 0. The Hall–Kier alpha value is -1.36. The third kappa shape index (κ3) is 2.34. The standard InChI is InChI=1S/C12H12F3NO/c1-7-4-9(12(13,14)15)2-3-10(7)11(17)8-5-16-6-8/h2-4,8,16H,5-6H2,1H3. The van der Waals surface area contributed by atoms with Gasteiger partial charge in [-0.3, -0.25) is 4.79 Å². The minimum absolute atomic E-state index is 0.0741. The first-order valence-electron chi connectivity index (χ1n) is 5.32. The van der Waals surface area contributed by atoms with Gasteiger partial charge in [-0.25, -0.2) is 0 Å². The number of carbonyl (C=O) groups is 1. The zero-order chi connectivity index (χ0) is 12.6. The Bertz CT molecular complexity index is 450. The summed E-state index contributed by atoms with van der Waals surface area (Å²) in [5.41, 5.74) is 0.0690. The molecule has 0 spiro atoms. The van der Waals surface area contributed by atoms with Crippen LogP contribution in [-0.4, -0.2) is 18.9 Å². The minimum atomic E-state index is -4.36. The van der Waals surface area contributed by atoms with E-state index in [1.54, 1.807) is 0 Å². The summed E-state index contributed by atoms with van der Waals surface area (Å²) in [6, 6.07) is 3.27. The lowest BCUT2D eigenvalue weighted by Crippen LogP contribution is -2.46. The average Bonchev–Trinajstić information content (AvgIpc) is 2.12. The molecule has 5 heteroatoms. The van der Waals surface area contributed by atoms with Crippen LogP contribution < -0.4 is 5.32 Å². The summed E-state index contributed by atoms with van der Waals surface area (Å²) in [5.74, 6) is -0.166. The van der Waals surface area contributed by atoms with E-state index >= 15 is 0 Å². The summed E-state index contributed by atoms with van der Waals surface area (Å²) in [6.07, 6.45) is -4.36. The second-order valence-electron chi connectivity index (χ2n) is 4.25. The SMILES string of the molecule is Cc1cc(C(F)(F)F)ccc1C(=O)C1CNC1. The highest BCUT2D eigenvalue weighted by Crippen LogP contribution is 2.31. The molecule has 1 aliphatic heterocycles. The molecule has 0 amide bonds. The highest BCUT2D eigenvalue weighted by Gasteiger charge is 2.32. The van der Waals surface area contributed by atoms with E-state index in [0.717, 1.165) is 12.1 Å². The number of rotatable bonds is 2. The Labute approximate surface area is 96.8 Å². The Balaban J connectivity index is 2.28. The molecule has 1 heterocycles. The monoisotopic (exact) mass is 243 g/mol. The number of carbonyl (C=O) groups excluding carboxylic acids is 1. The maximum atomic E-state index is 12.4. The largest absolute Gasteiger partial charge is 0.416 e. The van der Waals surface area contributed by atoms with Gasteiger partial charge in [0, 0.05) is 24.6 Å². The van der Waals surface area contributed by atoms with Crippen LogP contribution in [0.15, 0.2) is 18.2 Å². The van der Waals surface area contributed by atoms with Crippen molar-refractivity contribution >= 4 is 5.78 Å². The molecule has 1 fully saturated rings. The van der Waals surface area contributed by atoms with Crippen LogP contribution in [0.25, 0.3) is 0 Å². The maximum Gasteiger partial charge on any atom is 0.416 e. The second kappa shape index (κ2) is 4.14. The van der Waals surface area contributed by atoms with Crippen molar-refractivity contribution in [2.45, 2.75) is 13.1 Å². The van der Waals surface area contributed by atoms with Gasteiger partial charge in [0.15, 0.2) is 5.78 Å². The average molecular weight is 243 g/mol. The number of benzene rings is 1. The fourth-order valence-corrected chi connectivity index (χ4v) is 1.81. The Kier molecular flexibility index (Phi) is 2.95. The van der Waals surface area contributed by atoms with Crippen molar-refractivity contribution in [3.05, 3.63) is 34.9 Å². The lowest BCUT2D eigenvalue weighted by molar-refractivity contribution is -0.137. The zero-order valence-corrected chi connectivity index (χ0v) is 9.27. The van der Waals surface area contributed by atoms with Gasteiger partial charge in [-0.15, -0.1) is 0 Å². The summed E-state index contributed by atoms with van der Waals surface area (Å²) in [7, 11) is 0. The van der Waals surface area contributed by atoms with E-state index in [2.05, 4.69) is 5.32 Å². The van der Waals surface area contributed by atoms with Crippen molar-refractivity contribution in [1.82, 2.24) is 5.32 Å². The molecule has 1 aliphatic rings. The predicted octanol–water partition coefficient (Wildman–Crippen LogP) is 2.42. The molecule has 0 unspecified atom stereocenters. The van der Waals surface area contributed by atoms with Crippen LogP contribution in [0.4, 0.5) is 13.2 Å². The highest BCUT2D eigenvalue weighted by atomic mass is 19.4. The lowest BCUT2D eigenvalue weighted by Gasteiger charge is -2.26. The van der Waals surface area contributed by atoms with Crippen molar-refractivity contribution in [2.75, 3.05) is 13.1 Å². The molecule has 17 heavy (non-hydrogen) atoms. The molecule has 0 saturated carbocycles. The fraction of sp³-hybridized carbons (Fsp3) is 0.417. The van der Waals surface area contributed by atoms with Crippen LogP contribution >= 0.6 is 0 Å². The highest BCUT2D eigenvalue weighted by molar-refractivity contribution is 6.00. The Morgan fingerprint density at radius 1 is 1.35 bits per heavy atom. The first kappa shape index (κ1) is 12.1. The molecular weight excluding hydrogens is 231 g/mol. The number of alkyl halides is 3. The van der Waals surface area contributed by atoms with Crippen LogP contribution in [0, 0.1) is 12.8 Å². The summed E-state index contributed by atoms with van der Waals surface area (Å²) in [5, 5.41) is 2.97. The third-order valence-electron chi connectivity index (χ3n) is 2.97. The van der Waals surface area contributed by atoms with Crippen molar-refractivity contribution in [3.63, 3.8) is 0 Å².